The number of rotatable bonds is 37. The molecular formula is C44H72NO10P. The van der Waals surface area contributed by atoms with Crippen LogP contribution in [0, 0.1) is 0 Å². The van der Waals surface area contributed by atoms with Gasteiger partial charge in [0.15, 0.2) is 6.10 Å². The third kappa shape index (κ3) is 37.6. The minimum Gasteiger partial charge on any atom is -0.480 e. The van der Waals surface area contributed by atoms with Gasteiger partial charge in [0.25, 0.3) is 0 Å². The molecule has 0 aliphatic rings. The van der Waals surface area contributed by atoms with E-state index in [0.717, 1.165) is 83.5 Å². The van der Waals surface area contributed by atoms with Gasteiger partial charge in [0.1, 0.15) is 12.6 Å². The van der Waals surface area contributed by atoms with Crippen molar-refractivity contribution in [2.24, 2.45) is 5.73 Å². The number of carboxylic acid groups (broad SMARTS) is 1. The number of hydrogen-bond acceptors (Lipinski definition) is 9. The van der Waals surface area contributed by atoms with Gasteiger partial charge in [-0.05, 0) is 70.6 Å². The molecule has 0 aliphatic heterocycles. The zero-order valence-corrected chi connectivity index (χ0v) is 35.1. The van der Waals surface area contributed by atoms with Crippen LogP contribution in [0.2, 0.25) is 0 Å². The molecule has 0 aliphatic carbocycles. The first kappa shape index (κ1) is 52.7. The Balaban J connectivity index is 4.50. The number of carbonyl (C=O) groups is 3. The van der Waals surface area contributed by atoms with Crippen LogP contribution in [0.5, 0.6) is 0 Å². The summed E-state index contributed by atoms with van der Waals surface area (Å²) in [5, 5.41) is 8.88. The van der Waals surface area contributed by atoms with Crippen molar-refractivity contribution >= 4 is 25.7 Å². The normalized spacial score (nSPS) is 14.6. The van der Waals surface area contributed by atoms with Crippen LogP contribution in [0.3, 0.4) is 0 Å². The van der Waals surface area contributed by atoms with Crippen LogP contribution in [0.15, 0.2) is 85.1 Å². The first-order valence-corrected chi connectivity index (χ1v) is 22.2. The highest BCUT2D eigenvalue weighted by atomic mass is 31.2. The molecule has 0 saturated heterocycles. The fourth-order valence-electron chi connectivity index (χ4n) is 4.96. The van der Waals surface area contributed by atoms with Gasteiger partial charge in [-0.1, -0.05) is 144 Å². The summed E-state index contributed by atoms with van der Waals surface area (Å²) in [7, 11) is -4.73. The lowest BCUT2D eigenvalue weighted by Gasteiger charge is -2.20. The summed E-state index contributed by atoms with van der Waals surface area (Å²) in [5.74, 6) is -2.45. The lowest BCUT2D eigenvalue weighted by Crippen LogP contribution is -2.34. The number of phosphoric acid groups is 1. The van der Waals surface area contributed by atoms with Gasteiger partial charge in [-0.25, -0.2) is 4.57 Å². The molecule has 0 aromatic rings. The second-order valence-electron chi connectivity index (χ2n) is 13.5. The zero-order valence-electron chi connectivity index (χ0n) is 34.2. The first-order valence-electron chi connectivity index (χ1n) is 20.7. The molecule has 0 aromatic heterocycles. The van der Waals surface area contributed by atoms with Crippen LogP contribution in [0.1, 0.15) is 142 Å². The smallest absolute Gasteiger partial charge is 0.472 e. The molecule has 0 heterocycles. The van der Waals surface area contributed by atoms with Crippen molar-refractivity contribution in [3.8, 4) is 0 Å². The van der Waals surface area contributed by atoms with Crippen LogP contribution in [-0.4, -0.2) is 59.9 Å². The number of unbranched alkanes of at least 4 members (excludes halogenated alkanes) is 12. The van der Waals surface area contributed by atoms with Gasteiger partial charge in [-0.2, -0.15) is 0 Å². The average Bonchev–Trinajstić information content (AvgIpc) is 3.17. The third-order valence-corrected chi connectivity index (χ3v) is 9.17. The fraction of sp³-hybridized carbons (Fsp3) is 0.614. The van der Waals surface area contributed by atoms with Gasteiger partial charge in [0, 0.05) is 12.8 Å². The summed E-state index contributed by atoms with van der Waals surface area (Å²) in [6.45, 7) is 2.56. The summed E-state index contributed by atoms with van der Waals surface area (Å²) < 4.78 is 32.6. The molecule has 0 bridgehead atoms. The Morgan fingerprint density at radius 2 is 1.07 bits per heavy atom. The van der Waals surface area contributed by atoms with Crippen LogP contribution >= 0.6 is 7.82 Å². The molecule has 0 radical (unpaired) electrons. The molecule has 0 saturated carbocycles. The lowest BCUT2D eigenvalue weighted by molar-refractivity contribution is -0.161. The third-order valence-electron chi connectivity index (χ3n) is 8.22. The van der Waals surface area contributed by atoms with Crippen molar-refractivity contribution in [3.63, 3.8) is 0 Å². The SMILES string of the molecule is CC/C=C/C=C/C=C/C=C/CCCCCCCC(=O)OC[C@H](COP(=O)(O)OC[C@H](N)C(=O)O)OC(=O)CCCCCC/C=C/C/C=C/C/C=C/CCCCC. The number of hydrogen-bond donors (Lipinski definition) is 3. The predicted octanol–water partition coefficient (Wildman–Crippen LogP) is 10.7. The number of carbonyl (C=O) groups excluding carboxylic acids is 2. The molecule has 4 N–H and O–H groups in total. The second kappa shape index (κ2) is 38.5. The Kier molecular flexibility index (Phi) is 36.2. The molecule has 3 atom stereocenters. The van der Waals surface area contributed by atoms with Gasteiger partial charge in [0.2, 0.25) is 0 Å². The van der Waals surface area contributed by atoms with Crippen molar-refractivity contribution in [2.75, 3.05) is 19.8 Å². The Morgan fingerprint density at radius 1 is 0.589 bits per heavy atom. The number of aliphatic carboxylic acids is 1. The highest BCUT2D eigenvalue weighted by molar-refractivity contribution is 7.47. The van der Waals surface area contributed by atoms with Gasteiger partial charge < -0.3 is 25.2 Å². The largest absolute Gasteiger partial charge is 0.480 e. The summed E-state index contributed by atoms with van der Waals surface area (Å²) in [5.41, 5.74) is 5.32. The van der Waals surface area contributed by atoms with E-state index in [1.807, 2.05) is 36.5 Å². The van der Waals surface area contributed by atoms with Crippen LogP contribution in [-0.2, 0) is 37.5 Å². The van der Waals surface area contributed by atoms with E-state index in [0.29, 0.717) is 12.8 Å². The first-order chi connectivity index (χ1) is 27.1. The van der Waals surface area contributed by atoms with Crippen molar-refractivity contribution in [1.29, 1.82) is 0 Å². The van der Waals surface area contributed by atoms with E-state index in [1.54, 1.807) is 0 Å². The summed E-state index contributed by atoms with van der Waals surface area (Å²) in [4.78, 5) is 45.9. The maximum absolute atomic E-state index is 12.6. The van der Waals surface area contributed by atoms with E-state index in [9.17, 15) is 23.8 Å². The Morgan fingerprint density at radius 3 is 1.66 bits per heavy atom. The van der Waals surface area contributed by atoms with E-state index < -0.39 is 51.1 Å². The van der Waals surface area contributed by atoms with Crippen LogP contribution in [0.4, 0.5) is 0 Å². The molecule has 0 fully saturated rings. The average molecular weight is 806 g/mol. The van der Waals surface area contributed by atoms with Gasteiger partial charge in [0.05, 0.1) is 13.2 Å². The van der Waals surface area contributed by atoms with Crippen LogP contribution in [0.25, 0.3) is 0 Å². The molecule has 12 heteroatoms. The zero-order chi connectivity index (χ0) is 41.4. The van der Waals surface area contributed by atoms with Crippen molar-refractivity contribution in [1.82, 2.24) is 0 Å². The molecule has 0 rings (SSSR count). The molecular weight excluding hydrogens is 733 g/mol. The number of allylic oxidation sites excluding steroid dienone is 14. The molecule has 0 spiro atoms. The van der Waals surface area contributed by atoms with E-state index in [1.165, 1.54) is 19.3 Å². The monoisotopic (exact) mass is 805 g/mol. The minimum atomic E-state index is -4.73. The van der Waals surface area contributed by atoms with Gasteiger partial charge in [-0.3, -0.25) is 23.4 Å². The summed E-state index contributed by atoms with van der Waals surface area (Å²) in [6, 6.07) is -1.53. The molecule has 11 nitrogen and oxygen atoms in total. The van der Waals surface area contributed by atoms with E-state index >= 15 is 0 Å². The van der Waals surface area contributed by atoms with Crippen molar-refractivity contribution in [2.45, 2.75) is 154 Å². The Hall–Kier alpha value is -3.34. The Labute approximate surface area is 337 Å². The topological polar surface area (TPSA) is 172 Å². The lowest BCUT2D eigenvalue weighted by atomic mass is 10.1. The quantitative estimate of drug-likeness (QED) is 0.0179. The highest BCUT2D eigenvalue weighted by Gasteiger charge is 2.28. The predicted molar refractivity (Wildman–Crippen MR) is 226 cm³/mol. The molecule has 1 unspecified atom stereocenters. The Bertz CT molecular complexity index is 1270. The number of carboxylic acids is 1. The fourth-order valence-corrected chi connectivity index (χ4v) is 5.74. The number of esters is 2. The van der Waals surface area contributed by atoms with Crippen LogP contribution < -0.4 is 5.73 Å². The number of phosphoric ester groups is 1. The van der Waals surface area contributed by atoms with Gasteiger partial charge >= 0.3 is 25.7 Å². The minimum absolute atomic E-state index is 0.125. The second-order valence-corrected chi connectivity index (χ2v) is 14.9. The molecule has 0 aromatic carbocycles. The van der Waals surface area contributed by atoms with Gasteiger partial charge in [-0.15, -0.1) is 0 Å². The molecule has 0 amide bonds. The molecule has 56 heavy (non-hydrogen) atoms. The standard InChI is InChI=1S/C44H72NO10P/c1-3-5-7-9-11-13-15-17-19-20-22-24-26-28-30-32-34-36-43(47)55-40(38-53-56(50,51)54-39-41(45)44(48)49)37-52-42(46)35-33-31-29-27-25-23-21-18-16-14-12-10-8-6-4-2/h6,8,10-14,16-19,21-22,24,40-41H,3-5,7,9,15,20,23,25-39,45H2,1-2H3,(H,48,49)(H,50,51)/b8-6+,12-10+,13-11+,16-14+,19-17+,21-18+,24-22+/t40-,41+/m1/s1. The van der Waals surface area contributed by atoms with Crippen molar-refractivity contribution < 1.29 is 47.5 Å². The number of ether oxygens (including phenoxy) is 2. The van der Waals surface area contributed by atoms with E-state index in [2.05, 4.69) is 67.0 Å². The maximum Gasteiger partial charge on any atom is 0.472 e. The summed E-state index contributed by atoms with van der Waals surface area (Å²) >= 11 is 0. The van der Waals surface area contributed by atoms with E-state index in [4.69, 9.17) is 24.8 Å². The van der Waals surface area contributed by atoms with E-state index in [-0.39, 0.29) is 19.4 Å². The number of nitrogens with two attached hydrogens (primary N) is 1. The maximum atomic E-state index is 12.6. The summed E-state index contributed by atoms with van der Waals surface area (Å²) in [6.07, 6.45) is 46.4. The molecule has 318 valence electrons. The highest BCUT2D eigenvalue weighted by Crippen LogP contribution is 2.43. The van der Waals surface area contributed by atoms with Crippen molar-refractivity contribution in [3.05, 3.63) is 85.1 Å².